The molecule has 0 bridgehead atoms. The lowest BCUT2D eigenvalue weighted by Crippen LogP contribution is -2.47. The maximum atomic E-state index is 12.9. The van der Waals surface area contributed by atoms with E-state index in [1.54, 1.807) is 6.07 Å². The van der Waals surface area contributed by atoms with Crippen molar-refractivity contribution < 1.29 is 27.4 Å². The summed E-state index contributed by atoms with van der Waals surface area (Å²) >= 11 is 0. The lowest BCUT2D eigenvalue weighted by molar-refractivity contribution is -0.174. The molecular weight excluding hydrogens is 371 g/mol. The molecule has 0 heterocycles. The predicted molar refractivity (Wildman–Crippen MR) is 98.9 cm³/mol. The van der Waals surface area contributed by atoms with E-state index in [4.69, 9.17) is 9.47 Å². The molecule has 4 nitrogen and oxygen atoms in total. The van der Waals surface area contributed by atoms with Gasteiger partial charge in [0.15, 0.2) is 11.5 Å². The van der Waals surface area contributed by atoms with Crippen LogP contribution in [0.25, 0.3) is 0 Å². The molecule has 7 heteroatoms. The first-order chi connectivity index (χ1) is 13.2. The fraction of sp³-hybridized carbons (Fsp3) is 0.381. The van der Waals surface area contributed by atoms with Crippen LogP contribution in [-0.2, 0) is 11.2 Å². The Bertz CT molecular complexity index is 880. The second-order valence-corrected chi connectivity index (χ2v) is 6.91. The van der Waals surface area contributed by atoms with Gasteiger partial charge in [0.25, 0.3) is 0 Å². The number of aryl methyl sites for hydroxylation is 2. The maximum Gasteiger partial charge on any atom is 0.471 e. The highest BCUT2D eigenvalue weighted by Crippen LogP contribution is 2.42. The third-order valence-corrected chi connectivity index (χ3v) is 5.08. The van der Waals surface area contributed by atoms with Gasteiger partial charge in [0.1, 0.15) is 0 Å². The predicted octanol–water partition coefficient (Wildman–Crippen LogP) is 4.14. The summed E-state index contributed by atoms with van der Waals surface area (Å²) < 4.78 is 49.3. The Morgan fingerprint density at radius 1 is 1.11 bits per heavy atom. The van der Waals surface area contributed by atoms with Gasteiger partial charge in [-0.1, -0.05) is 29.8 Å². The number of carbonyl (C=O) groups excluding carboxylic acids is 1. The van der Waals surface area contributed by atoms with Crippen molar-refractivity contribution in [2.75, 3.05) is 14.2 Å². The van der Waals surface area contributed by atoms with Crippen molar-refractivity contribution in [1.82, 2.24) is 5.32 Å². The lowest BCUT2D eigenvalue weighted by Gasteiger charge is -2.35. The van der Waals surface area contributed by atoms with Crippen LogP contribution in [0.15, 0.2) is 36.4 Å². The Hall–Kier alpha value is -2.70. The van der Waals surface area contributed by atoms with Gasteiger partial charge in [0.05, 0.1) is 14.2 Å². The van der Waals surface area contributed by atoms with Gasteiger partial charge in [-0.15, -0.1) is 0 Å². The number of alkyl halides is 3. The smallest absolute Gasteiger partial charge is 0.471 e. The maximum absolute atomic E-state index is 12.9. The number of nitrogens with one attached hydrogen (secondary N) is 1. The van der Waals surface area contributed by atoms with Crippen LogP contribution >= 0.6 is 0 Å². The van der Waals surface area contributed by atoms with Crippen molar-refractivity contribution in [3.8, 4) is 11.5 Å². The van der Waals surface area contributed by atoms with E-state index in [1.807, 2.05) is 37.3 Å². The second-order valence-electron chi connectivity index (χ2n) is 6.91. The molecule has 0 aliphatic heterocycles. The molecule has 1 N–H and O–H groups in total. The standard InChI is InChI=1S/C21H22F3NO3/c1-12-5-4-6-14(9-12)19-15-11-18(28-3)17(27-2)10-13(15)7-8-16(19)25-20(26)21(22,23)24/h4-6,9-11,16,19H,7-8H2,1-3H3,(H,25,26)/t16-,19+/m1/s1. The molecule has 1 aliphatic carbocycles. The van der Waals surface area contributed by atoms with Crippen molar-refractivity contribution >= 4 is 5.91 Å². The molecule has 0 spiro atoms. The first kappa shape index (κ1) is 20.0. The van der Waals surface area contributed by atoms with Crippen LogP contribution in [0.3, 0.4) is 0 Å². The summed E-state index contributed by atoms with van der Waals surface area (Å²) in [5.74, 6) is -1.27. The van der Waals surface area contributed by atoms with E-state index >= 15 is 0 Å². The van der Waals surface area contributed by atoms with Gasteiger partial charge in [-0.3, -0.25) is 4.79 Å². The van der Waals surface area contributed by atoms with E-state index in [9.17, 15) is 18.0 Å². The summed E-state index contributed by atoms with van der Waals surface area (Å²) in [7, 11) is 3.05. The molecule has 28 heavy (non-hydrogen) atoms. The second kappa shape index (κ2) is 7.73. The number of benzene rings is 2. The highest BCUT2D eigenvalue weighted by atomic mass is 19.4. The van der Waals surface area contributed by atoms with Gasteiger partial charge < -0.3 is 14.8 Å². The van der Waals surface area contributed by atoms with E-state index in [1.165, 1.54) is 14.2 Å². The minimum atomic E-state index is -4.92. The third-order valence-electron chi connectivity index (χ3n) is 5.08. The molecule has 0 radical (unpaired) electrons. The average Bonchev–Trinajstić information content (AvgIpc) is 2.65. The summed E-state index contributed by atoms with van der Waals surface area (Å²) in [5.41, 5.74) is 3.65. The van der Waals surface area contributed by atoms with Crippen molar-refractivity contribution in [3.05, 3.63) is 58.7 Å². The van der Waals surface area contributed by atoms with Gasteiger partial charge in [0.2, 0.25) is 0 Å². The molecule has 2 aromatic rings. The summed E-state index contributed by atoms with van der Waals surface area (Å²) in [6.07, 6.45) is -4.00. The number of hydrogen-bond acceptors (Lipinski definition) is 3. The molecule has 0 aromatic heterocycles. The number of rotatable bonds is 4. The Balaban J connectivity index is 2.10. The van der Waals surface area contributed by atoms with E-state index in [0.29, 0.717) is 24.3 Å². The minimum absolute atomic E-state index is 0.392. The van der Waals surface area contributed by atoms with Crippen LogP contribution in [0, 0.1) is 6.92 Å². The zero-order valence-corrected chi connectivity index (χ0v) is 15.9. The van der Waals surface area contributed by atoms with E-state index in [-0.39, 0.29) is 0 Å². The van der Waals surface area contributed by atoms with Gasteiger partial charge in [-0.05, 0) is 48.6 Å². The molecule has 0 saturated carbocycles. The quantitative estimate of drug-likeness (QED) is 0.850. The van der Waals surface area contributed by atoms with Crippen molar-refractivity contribution in [2.45, 2.75) is 37.9 Å². The molecule has 1 amide bonds. The molecular formula is C21H22F3NO3. The summed E-state index contributed by atoms with van der Waals surface area (Å²) in [6.45, 7) is 1.92. The zero-order valence-electron chi connectivity index (χ0n) is 15.9. The summed E-state index contributed by atoms with van der Waals surface area (Å²) in [5, 5.41) is 2.20. The van der Waals surface area contributed by atoms with Crippen molar-refractivity contribution in [2.24, 2.45) is 0 Å². The van der Waals surface area contributed by atoms with Crippen molar-refractivity contribution in [3.63, 3.8) is 0 Å². The number of ether oxygens (including phenoxy) is 2. The number of methoxy groups -OCH3 is 2. The summed E-state index contributed by atoms with van der Waals surface area (Å²) in [4.78, 5) is 11.6. The molecule has 3 rings (SSSR count). The Morgan fingerprint density at radius 2 is 1.79 bits per heavy atom. The van der Waals surface area contributed by atoms with E-state index in [0.717, 1.165) is 22.3 Å². The molecule has 0 unspecified atom stereocenters. The number of hydrogen-bond donors (Lipinski definition) is 1. The lowest BCUT2D eigenvalue weighted by atomic mass is 9.75. The van der Waals surface area contributed by atoms with Crippen LogP contribution < -0.4 is 14.8 Å². The Kier molecular flexibility index (Phi) is 5.54. The first-order valence-electron chi connectivity index (χ1n) is 8.93. The Morgan fingerprint density at radius 3 is 2.39 bits per heavy atom. The normalized spacial score (nSPS) is 18.9. The Labute approximate surface area is 161 Å². The first-order valence-corrected chi connectivity index (χ1v) is 8.93. The van der Waals surface area contributed by atoms with Crippen LogP contribution in [-0.4, -0.2) is 32.3 Å². The molecule has 0 saturated heterocycles. The zero-order chi connectivity index (χ0) is 20.5. The number of amides is 1. The fourth-order valence-corrected chi connectivity index (χ4v) is 3.82. The van der Waals surface area contributed by atoms with E-state index < -0.39 is 24.0 Å². The van der Waals surface area contributed by atoms with Crippen LogP contribution in [0.1, 0.15) is 34.6 Å². The van der Waals surface area contributed by atoms with Crippen LogP contribution in [0.5, 0.6) is 11.5 Å². The average molecular weight is 393 g/mol. The number of fused-ring (bicyclic) bond motifs is 1. The number of carbonyl (C=O) groups is 1. The van der Waals surface area contributed by atoms with E-state index in [2.05, 4.69) is 5.32 Å². The highest BCUT2D eigenvalue weighted by Gasteiger charge is 2.42. The topological polar surface area (TPSA) is 47.6 Å². The van der Waals surface area contributed by atoms with Gasteiger partial charge in [-0.25, -0.2) is 0 Å². The fourth-order valence-electron chi connectivity index (χ4n) is 3.82. The molecule has 150 valence electrons. The van der Waals surface area contributed by atoms with Crippen molar-refractivity contribution in [1.29, 1.82) is 0 Å². The van der Waals surface area contributed by atoms with Crippen LogP contribution in [0.4, 0.5) is 13.2 Å². The van der Waals surface area contributed by atoms with Gasteiger partial charge in [-0.2, -0.15) is 13.2 Å². The van der Waals surface area contributed by atoms with Gasteiger partial charge in [0, 0.05) is 12.0 Å². The highest BCUT2D eigenvalue weighted by molar-refractivity contribution is 5.82. The monoisotopic (exact) mass is 393 g/mol. The molecule has 0 fully saturated rings. The molecule has 2 atom stereocenters. The van der Waals surface area contributed by atoms with Gasteiger partial charge >= 0.3 is 12.1 Å². The SMILES string of the molecule is COc1cc2c(cc1OC)[C@H](c1cccc(C)c1)[C@H](NC(=O)C(F)(F)F)CC2. The largest absolute Gasteiger partial charge is 0.493 e. The molecule has 2 aromatic carbocycles. The summed E-state index contributed by atoms with van der Waals surface area (Å²) in [6, 6.07) is 10.6. The molecule has 1 aliphatic rings. The van der Waals surface area contributed by atoms with Crippen LogP contribution in [0.2, 0.25) is 0 Å². The number of halogens is 3. The minimum Gasteiger partial charge on any atom is -0.493 e. The third kappa shape index (κ3) is 3.93.